The van der Waals surface area contributed by atoms with Crippen molar-refractivity contribution in [1.82, 2.24) is 10.6 Å². The maximum Gasteiger partial charge on any atom is 0.203 e. The number of aliphatic imine (C=N–C) groups is 1. The van der Waals surface area contributed by atoms with Gasteiger partial charge in [-0.05, 0) is 43.4 Å². The van der Waals surface area contributed by atoms with Crippen LogP contribution in [0.4, 0.5) is 0 Å². The van der Waals surface area contributed by atoms with Gasteiger partial charge in [-0.2, -0.15) is 0 Å². The van der Waals surface area contributed by atoms with Crippen LogP contribution in [0.1, 0.15) is 39.2 Å². The van der Waals surface area contributed by atoms with Gasteiger partial charge in [-0.15, -0.1) is 24.0 Å². The van der Waals surface area contributed by atoms with Gasteiger partial charge in [0, 0.05) is 19.6 Å². The van der Waals surface area contributed by atoms with Crippen molar-refractivity contribution in [3.63, 3.8) is 0 Å². The van der Waals surface area contributed by atoms with E-state index in [-0.39, 0.29) is 24.0 Å². The van der Waals surface area contributed by atoms with Gasteiger partial charge in [0.05, 0.1) is 21.3 Å². The van der Waals surface area contributed by atoms with Gasteiger partial charge in [0.2, 0.25) is 5.75 Å². The van der Waals surface area contributed by atoms with E-state index in [9.17, 15) is 0 Å². The second kappa shape index (κ2) is 12.9. The minimum Gasteiger partial charge on any atom is -0.493 e. The van der Waals surface area contributed by atoms with E-state index in [0.29, 0.717) is 35.8 Å². The molecule has 1 aromatic carbocycles. The average molecular weight is 479 g/mol. The molecular formula is C19H34IN3O3. The van der Waals surface area contributed by atoms with Crippen molar-refractivity contribution in [2.45, 2.75) is 46.2 Å². The van der Waals surface area contributed by atoms with Crippen molar-refractivity contribution in [1.29, 1.82) is 0 Å². The predicted molar refractivity (Wildman–Crippen MR) is 118 cm³/mol. The first-order valence-corrected chi connectivity index (χ1v) is 8.71. The summed E-state index contributed by atoms with van der Waals surface area (Å²) in [4.78, 5) is 4.30. The zero-order valence-electron chi connectivity index (χ0n) is 17.0. The number of guanidine groups is 1. The highest BCUT2D eigenvalue weighted by atomic mass is 127. The van der Waals surface area contributed by atoms with Gasteiger partial charge in [0.1, 0.15) is 0 Å². The summed E-state index contributed by atoms with van der Waals surface area (Å²) in [7, 11) is 6.61. The molecule has 26 heavy (non-hydrogen) atoms. The minimum atomic E-state index is 0. The van der Waals surface area contributed by atoms with Gasteiger partial charge in [-0.25, -0.2) is 0 Å². The number of hydrogen-bond acceptors (Lipinski definition) is 4. The van der Waals surface area contributed by atoms with Crippen molar-refractivity contribution in [3.05, 3.63) is 17.7 Å². The molecule has 0 heterocycles. The Hall–Kier alpha value is -1.38. The monoisotopic (exact) mass is 479 g/mol. The van der Waals surface area contributed by atoms with E-state index in [1.165, 1.54) is 6.42 Å². The zero-order valence-corrected chi connectivity index (χ0v) is 19.3. The molecule has 0 fully saturated rings. The third-order valence-electron chi connectivity index (χ3n) is 3.97. The highest BCUT2D eigenvalue weighted by molar-refractivity contribution is 14.0. The Morgan fingerprint density at radius 2 is 1.58 bits per heavy atom. The number of benzene rings is 1. The van der Waals surface area contributed by atoms with Crippen LogP contribution in [0, 0.1) is 5.92 Å². The Bertz CT molecular complexity index is 540. The fourth-order valence-electron chi connectivity index (χ4n) is 2.51. The van der Waals surface area contributed by atoms with Gasteiger partial charge in [-0.3, -0.25) is 4.99 Å². The Morgan fingerprint density at radius 1 is 1.00 bits per heavy atom. The van der Waals surface area contributed by atoms with Crippen LogP contribution in [0.3, 0.4) is 0 Å². The lowest BCUT2D eigenvalue weighted by molar-refractivity contribution is 0.323. The molecule has 7 heteroatoms. The minimum absolute atomic E-state index is 0. The van der Waals surface area contributed by atoms with Crippen LogP contribution in [0.15, 0.2) is 17.1 Å². The molecule has 1 atom stereocenters. The molecule has 2 N–H and O–H groups in total. The lowest BCUT2D eigenvalue weighted by atomic mass is 10.0. The smallest absolute Gasteiger partial charge is 0.203 e. The lowest BCUT2D eigenvalue weighted by Crippen LogP contribution is -2.41. The Labute approximate surface area is 175 Å². The summed E-state index contributed by atoms with van der Waals surface area (Å²) in [6, 6.07) is 4.24. The molecule has 0 radical (unpaired) electrons. The molecule has 0 saturated carbocycles. The molecule has 0 amide bonds. The summed E-state index contributed by atoms with van der Waals surface area (Å²) >= 11 is 0. The van der Waals surface area contributed by atoms with Crippen molar-refractivity contribution in [2.24, 2.45) is 10.9 Å². The number of ether oxygens (including phenoxy) is 3. The summed E-state index contributed by atoms with van der Waals surface area (Å²) < 4.78 is 16.1. The molecule has 6 nitrogen and oxygen atoms in total. The molecule has 0 aliphatic rings. The van der Waals surface area contributed by atoms with Gasteiger partial charge < -0.3 is 24.8 Å². The van der Waals surface area contributed by atoms with E-state index in [2.05, 4.69) is 36.4 Å². The first-order valence-electron chi connectivity index (χ1n) is 8.71. The third kappa shape index (κ3) is 7.88. The SMILES string of the molecule is CN=C(NCc1cc(OC)c(OC)c(OC)c1)NC(C)CCC(C)C.I. The maximum atomic E-state index is 5.39. The summed E-state index contributed by atoms with van der Waals surface area (Å²) in [6.07, 6.45) is 2.31. The summed E-state index contributed by atoms with van der Waals surface area (Å²) in [5, 5.41) is 6.76. The number of methoxy groups -OCH3 is 3. The molecular weight excluding hydrogens is 445 g/mol. The fourth-order valence-corrected chi connectivity index (χ4v) is 2.51. The predicted octanol–water partition coefficient (Wildman–Crippen LogP) is 3.82. The summed E-state index contributed by atoms with van der Waals surface area (Å²) in [6.45, 7) is 7.26. The van der Waals surface area contributed by atoms with E-state index in [0.717, 1.165) is 17.9 Å². The standard InChI is InChI=1S/C19H33N3O3.HI/c1-13(2)8-9-14(3)22-19(20-4)21-12-15-10-16(23-5)18(25-7)17(11-15)24-6;/h10-11,13-14H,8-9,12H2,1-7H3,(H2,20,21,22);1H. The summed E-state index contributed by atoms with van der Waals surface area (Å²) in [5.74, 6) is 3.38. The van der Waals surface area contributed by atoms with E-state index in [1.54, 1.807) is 28.4 Å². The van der Waals surface area contributed by atoms with Crippen LogP contribution in [-0.4, -0.2) is 40.4 Å². The normalized spacial score (nSPS) is 12.2. The molecule has 0 bridgehead atoms. The molecule has 1 aromatic rings. The van der Waals surface area contributed by atoms with Crippen molar-refractivity contribution >= 4 is 29.9 Å². The Balaban J connectivity index is 0.00000625. The Morgan fingerprint density at radius 3 is 2.00 bits per heavy atom. The van der Waals surface area contributed by atoms with E-state index < -0.39 is 0 Å². The second-order valence-corrected chi connectivity index (χ2v) is 6.48. The van der Waals surface area contributed by atoms with E-state index in [4.69, 9.17) is 14.2 Å². The molecule has 0 aromatic heterocycles. The highest BCUT2D eigenvalue weighted by Crippen LogP contribution is 2.38. The van der Waals surface area contributed by atoms with Crippen LogP contribution in [0.5, 0.6) is 17.2 Å². The van der Waals surface area contributed by atoms with Crippen molar-refractivity contribution in [2.75, 3.05) is 28.4 Å². The van der Waals surface area contributed by atoms with Crippen LogP contribution >= 0.6 is 24.0 Å². The highest BCUT2D eigenvalue weighted by Gasteiger charge is 2.13. The maximum absolute atomic E-state index is 5.39. The van der Waals surface area contributed by atoms with E-state index >= 15 is 0 Å². The first-order chi connectivity index (χ1) is 11.9. The number of nitrogens with zero attached hydrogens (tertiary/aromatic N) is 1. The largest absolute Gasteiger partial charge is 0.493 e. The van der Waals surface area contributed by atoms with Crippen LogP contribution in [0.2, 0.25) is 0 Å². The first kappa shape index (κ1) is 24.6. The topological polar surface area (TPSA) is 64.1 Å². The third-order valence-corrected chi connectivity index (χ3v) is 3.97. The number of rotatable bonds is 9. The number of halogens is 1. The van der Waals surface area contributed by atoms with Gasteiger partial charge >= 0.3 is 0 Å². The zero-order chi connectivity index (χ0) is 18.8. The molecule has 0 spiro atoms. The molecule has 150 valence electrons. The fraction of sp³-hybridized carbons (Fsp3) is 0.632. The Kier molecular flexibility index (Phi) is 12.2. The van der Waals surface area contributed by atoms with Crippen LogP contribution in [0.25, 0.3) is 0 Å². The molecule has 0 aliphatic carbocycles. The second-order valence-electron chi connectivity index (χ2n) is 6.48. The van der Waals surface area contributed by atoms with E-state index in [1.807, 2.05) is 12.1 Å². The van der Waals surface area contributed by atoms with Crippen molar-refractivity contribution < 1.29 is 14.2 Å². The van der Waals surface area contributed by atoms with Gasteiger partial charge in [0.15, 0.2) is 17.5 Å². The average Bonchev–Trinajstić information content (AvgIpc) is 2.62. The van der Waals surface area contributed by atoms with Gasteiger partial charge in [0.25, 0.3) is 0 Å². The summed E-state index contributed by atoms with van der Waals surface area (Å²) in [5.41, 5.74) is 1.02. The number of hydrogen-bond donors (Lipinski definition) is 2. The van der Waals surface area contributed by atoms with Crippen LogP contribution < -0.4 is 24.8 Å². The lowest BCUT2D eigenvalue weighted by Gasteiger charge is -2.19. The molecule has 1 unspecified atom stereocenters. The van der Waals surface area contributed by atoms with Gasteiger partial charge in [-0.1, -0.05) is 13.8 Å². The molecule has 0 saturated heterocycles. The van der Waals surface area contributed by atoms with Crippen molar-refractivity contribution in [3.8, 4) is 17.2 Å². The van der Waals surface area contributed by atoms with Crippen LogP contribution in [-0.2, 0) is 6.54 Å². The molecule has 1 rings (SSSR count). The molecule has 0 aliphatic heterocycles. The quantitative estimate of drug-likeness (QED) is 0.320. The number of nitrogens with one attached hydrogen (secondary N) is 2.